The first-order valence-corrected chi connectivity index (χ1v) is 8.86. The average molecular weight is 321 g/mol. The molecular weight excluding hydrogens is 296 g/mol. The second-order valence-corrected chi connectivity index (χ2v) is 7.08. The number of rotatable bonds is 2. The maximum atomic E-state index is 11.6. The Labute approximate surface area is 143 Å². The molecule has 24 heavy (non-hydrogen) atoms. The maximum absolute atomic E-state index is 11.6. The van der Waals surface area contributed by atoms with Crippen molar-refractivity contribution in [3.8, 4) is 0 Å². The van der Waals surface area contributed by atoms with Crippen LogP contribution in [0.1, 0.15) is 36.0 Å². The van der Waals surface area contributed by atoms with Gasteiger partial charge in [0.25, 0.3) is 11.6 Å². The molecule has 1 N–H and O–H groups in total. The fourth-order valence-electron chi connectivity index (χ4n) is 4.05. The van der Waals surface area contributed by atoms with E-state index in [1.165, 1.54) is 29.1 Å². The second-order valence-electron chi connectivity index (χ2n) is 7.08. The van der Waals surface area contributed by atoms with Crippen molar-refractivity contribution >= 4 is 11.5 Å². The van der Waals surface area contributed by atoms with E-state index in [2.05, 4.69) is 71.9 Å². The van der Waals surface area contributed by atoms with Gasteiger partial charge in [-0.2, -0.15) is 0 Å². The van der Waals surface area contributed by atoms with Gasteiger partial charge in [-0.3, -0.25) is 0 Å². The van der Waals surface area contributed by atoms with E-state index in [4.69, 9.17) is 0 Å². The van der Waals surface area contributed by atoms with E-state index in [0.717, 1.165) is 24.9 Å². The Morgan fingerprint density at radius 1 is 1.00 bits per heavy atom. The van der Waals surface area contributed by atoms with Gasteiger partial charge in [-0.15, -0.1) is 0 Å². The van der Waals surface area contributed by atoms with Crippen LogP contribution in [-0.2, 0) is 5.72 Å². The van der Waals surface area contributed by atoms with Crippen LogP contribution in [0.15, 0.2) is 48.5 Å². The van der Waals surface area contributed by atoms with E-state index >= 15 is 0 Å². The maximum Gasteiger partial charge on any atom is 0.271 e. The summed E-state index contributed by atoms with van der Waals surface area (Å²) in [5.41, 5.74) is 3.74. The highest BCUT2D eigenvalue weighted by molar-refractivity contribution is 5.96. The van der Waals surface area contributed by atoms with Gasteiger partial charge in [0.1, 0.15) is 5.69 Å². The number of amidine groups is 1. The number of benzene rings is 2. The van der Waals surface area contributed by atoms with Crippen molar-refractivity contribution in [2.24, 2.45) is 0 Å². The average Bonchev–Trinajstić information content (AvgIpc) is 2.90. The van der Waals surface area contributed by atoms with Crippen LogP contribution in [0.3, 0.4) is 0 Å². The van der Waals surface area contributed by atoms with Gasteiger partial charge in [0.05, 0.1) is 6.54 Å². The number of hydrogen-bond donors (Lipinski definition) is 1. The number of hydrogen-bond acceptors (Lipinski definition) is 2. The minimum atomic E-state index is -0.939. The molecular formula is C21H25N2O+. The van der Waals surface area contributed by atoms with E-state index in [1.807, 2.05) is 0 Å². The fraction of sp³-hybridized carbons (Fsp3) is 0.381. The quantitative estimate of drug-likeness (QED) is 0.856. The lowest BCUT2D eigenvalue weighted by Crippen LogP contribution is -2.41. The van der Waals surface area contributed by atoms with Crippen molar-refractivity contribution < 1.29 is 9.68 Å². The van der Waals surface area contributed by atoms with Gasteiger partial charge >= 0.3 is 0 Å². The summed E-state index contributed by atoms with van der Waals surface area (Å²) in [6.45, 7) is 5.74. The van der Waals surface area contributed by atoms with E-state index in [-0.39, 0.29) is 0 Å². The molecule has 2 aliphatic rings. The number of aryl methyl sites for hydroxylation is 2. The first kappa shape index (κ1) is 15.4. The molecule has 2 aromatic carbocycles. The van der Waals surface area contributed by atoms with E-state index in [0.29, 0.717) is 6.54 Å². The molecule has 0 spiro atoms. The summed E-state index contributed by atoms with van der Waals surface area (Å²) < 4.78 is 2.23. The second kappa shape index (κ2) is 5.75. The van der Waals surface area contributed by atoms with Crippen LogP contribution in [0, 0.1) is 13.8 Å². The molecule has 4 rings (SSSR count). The standard InChI is InChI=1S/C21H25N2O/c1-16-10-12-18(13-11-16)21(24)15-22(19-8-4-3-7-17(19)2)20-9-5-6-14-23(20)21/h3-4,7-8,10-13,24H,5-6,9,14-15H2,1-2H3/q+1. The molecule has 124 valence electrons. The summed E-state index contributed by atoms with van der Waals surface area (Å²) >= 11 is 0. The Morgan fingerprint density at radius 3 is 2.50 bits per heavy atom. The van der Waals surface area contributed by atoms with Crippen LogP contribution < -0.4 is 4.90 Å². The molecule has 2 heterocycles. The predicted molar refractivity (Wildman–Crippen MR) is 97.6 cm³/mol. The minimum absolute atomic E-state index is 0.593. The molecule has 3 heteroatoms. The van der Waals surface area contributed by atoms with Crippen LogP contribution in [0.2, 0.25) is 0 Å². The zero-order chi connectivity index (χ0) is 16.7. The van der Waals surface area contributed by atoms with Gasteiger partial charge in [-0.1, -0.05) is 48.0 Å². The topological polar surface area (TPSA) is 26.5 Å². The Balaban J connectivity index is 1.82. The zero-order valence-electron chi connectivity index (χ0n) is 14.5. The SMILES string of the molecule is Cc1ccc(C2(O)CN(c3ccccc3C)C3=[N+]2CCCC3)cc1. The molecule has 0 amide bonds. The molecule has 0 bridgehead atoms. The number of nitrogens with zero attached hydrogens (tertiary/aromatic N) is 2. The molecule has 2 aromatic rings. The van der Waals surface area contributed by atoms with Crippen molar-refractivity contribution in [2.45, 2.75) is 38.8 Å². The van der Waals surface area contributed by atoms with Gasteiger partial charge < -0.3 is 5.11 Å². The van der Waals surface area contributed by atoms with Crippen LogP contribution in [0.5, 0.6) is 0 Å². The van der Waals surface area contributed by atoms with Crippen molar-refractivity contribution in [1.82, 2.24) is 0 Å². The third-order valence-electron chi connectivity index (χ3n) is 5.40. The van der Waals surface area contributed by atoms with Crippen molar-refractivity contribution in [1.29, 1.82) is 0 Å². The smallest absolute Gasteiger partial charge is 0.271 e. The zero-order valence-corrected chi connectivity index (χ0v) is 14.5. The number of β-amino-alcohol motifs (C(OH)–C–C–N with tert-alkyl or cyclic N) is 1. The highest BCUT2D eigenvalue weighted by Crippen LogP contribution is 2.36. The number of para-hydroxylation sites is 1. The molecule has 2 aliphatic heterocycles. The molecule has 0 saturated carbocycles. The molecule has 0 aromatic heterocycles. The molecule has 0 aliphatic carbocycles. The third-order valence-corrected chi connectivity index (χ3v) is 5.40. The van der Waals surface area contributed by atoms with E-state index in [9.17, 15) is 5.11 Å². The van der Waals surface area contributed by atoms with Gasteiger partial charge in [0.15, 0.2) is 6.54 Å². The fourth-order valence-corrected chi connectivity index (χ4v) is 4.05. The highest BCUT2D eigenvalue weighted by Gasteiger charge is 2.52. The van der Waals surface area contributed by atoms with Crippen LogP contribution in [0.25, 0.3) is 0 Å². The summed E-state index contributed by atoms with van der Waals surface area (Å²) in [5, 5.41) is 11.6. The Morgan fingerprint density at radius 2 is 1.75 bits per heavy atom. The molecule has 1 unspecified atom stereocenters. The Bertz CT molecular complexity index is 794. The molecule has 3 nitrogen and oxygen atoms in total. The van der Waals surface area contributed by atoms with Gasteiger partial charge in [-0.05, 0) is 38.3 Å². The van der Waals surface area contributed by atoms with Crippen LogP contribution in [-0.4, -0.2) is 28.6 Å². The van der Waals surface area contributed by atoms with Gasteiger partial charge in [-0.25, -0.2) is 9.48 Å². The molecule has 0 fully saturated rings. The van der Waals surface area contributed by atoms with Crippen molar-refractivity contribution in [3.63, 3.8) is 0 Å². The summed E-state index contributed by atoms with van der Waals surface area (Å²) in [6.07, 6.45) is 3.36. The minimum Gasteiger partial charge on any atom is -0.346 e. The highest BCUT2D eigenvalue weighted by atomic mass is 16.3. The number of aliphatic hydroxyl groups is 1. The lowest BCUT2D eigenvalue weighted by molar-refractivity contribution is -0.661. The summed E-state index contributed by atoms with van der Waals surface area (Å²) in [4.78, 5) is 2.33. The van der Waals surface area contributed by atoms with Gasteiger partial charge in [0.2, 0.25) is 0 Å². The lowest BCUT2D eigenvalue weighted by Gasteiger charge is -2.24. The third kappa shape index (κ3) is 2.35. The first-order chi connectivity index (χ1) is 11.6. The van der Waals surface area contributed by atoms with E-state index < -0.39 is 5.72 Å². The largest absolute Gasteiger partial charge is 0.346 e. The molecule has 0 radical (unpaired) electrons. The van der Waals surface area contributed by atoms with Crippen LogP contribution in [0.4, 0.5) is 5.69 Å². The first-order valence-electron chi connectivity index (χ1n) is 8.86. The van der Waals surface area contributed by atoms with Gasteiger partial charge in [0, 0.05) is 12.0 Å². The Kier molecular flexibility index (Phi) is 3.69. The summed E-state index contributed by atoms with van der Waals surface area (Å²) in [6, 6.07) is 16.8. The molecule has 0 saturated heterocycles. The van der Waals surface area contributed by atoms with Crippen molar-refractivity contribution in [3.05, 3.63) is 65.2 Å². The van der Waals surface area contributed by atoms with Crippen LogP contribution >= 0.6 is 0 Å². The predicted octanol–water partition coefficient (Wildman–Crippen LogP) is 3.56. The van der Waals surface area contributed by atoms with Crippen molar-refractivity contribution in [2.75, 3.05) is 18.0 Å². The monoisotopic (exact) mass is 321 g/mol. The van der Waals surface area contributed by atoms with E-state index in [1.54, 1.807) is 0 Å². The molecule has 1 atom stereocenters. The Hall–Kier alpha value is -2.13. The normalized spacial score (nSPS) is 23.5. The number of anilines is 1. The summed E-state index contributed by atoms with van der Waals surface area (Å²) in [5.74, 6) is 1.26. The summed E-state index contributed by atoms with van der Waals surface area (Å²) in [7, 11) is 0. The lowest BCUT2D eigenvalue weighted by atomic mass is 10.00.